The summed E-state index contributed by atoms with van der Waals surface area (Å²) in [6.45, 7) is 0.725. The lowest BCUT2D eigenvalue weighted by Gasteiger charge is -2.23. The maximum atomic E-state index is 12.7. The zero-order valence-corrected chi connectivity index (χ0v) is 17.2. The summed E-state index contributed by atoms with van der Waals surface area (Å²) in [6.07, 6.45) is 3.88. The van der Waals surface area contributed by atoms with Gasteiger partial charge in [-0.3, -0.25) is 4.79 Å². The molecule has 9 heteroatoms. The van der Waals surface area contributed by atoms with Crippen molar-refractivity contribution in [1.82, 2.24) is 20.0 Å². The van der Waals surface area contributed by atoms with Crippen molar-refractivity contribution in [3.05, 3.63) is 65.1 Å². The van der Waals surface area contributed by atoms with E-state index in [0.717, 1.165) is 47.9 Å². The van der Waals surface area contributed by atoms with Gasteiger partial charge in [0.1, 0.15) is 5.75 Å². The number of hydrogen-bond donors (Lipinski definition) is 2. The van der Waals surface area contributed by atoms with Crippen molar-refractivity contribution in [2.75, 3.05) is 6.61 Å². The van der Waals surface area contributed by atoms with Crippen LogP contribution >= 0.6 is 0 Å². The van der Waals surface area contributed by atoms with Crippen LogP contribution in [-0.2, 0) is 4.74 Å². The van der Waals surface area contributed by atoms with E-state index in [1.165, 1.54) is 0 Å². The third-order valence-corrected chi connectivity index (χ3v) is 5.53. The summed E-state index contributed by atoms with van der Waals surface area (Å²) in [5, 5.41) is 12.2. The van der Waals surface area contributed by atoms with E-state index in [2.05, 4.69) is 15.3 Å². The minimum atomic E-state index is -0.880. The van der Waals surface area contributed by atoms with Gasteiger partial charge in [-0.15, -0.1) is 0 Å². The van der Waals surface area contributed by atoms with Gasteiger partial charge in [0, 0.05) is 17.6 Å². The number of H-pyrrole nitrogens is 1. The number of nitrogens with one attached hydrogen (secondary N) is 1. The van der Waals surface area contributed by atoms with Crippen molar-refractivity contribution >= 4 is 17.0 Å². The van der Waals surface area contributed by atoms with E-state index < -0.39 is 6.09 Å². The van der Waals surface area contributed by atoms with Crippen molar-refractivity contribution in [2.24, 2.45) is 5.73 Å². The summed E-state index contributed by atoms with van der Waals surface area (Å²) in [5.74, 6) is 0.327. The number of fused-ring (bicyclic) bond motifs is 1. The average Bonchev–Trinajstić information content (AvgIpc) is 3.25. The van der Waals surface area contributed by atoms with Gasteiger partial charge in [-0.05, 0) is 61.2 Å². The first-order chi connectivity index (χ1) is 15.6. The van der Waals surface area contributed by atoms with Crippen LogP contribution in [0.3, 0.4) is 0 Å². The molecule has 0 aliphatic carbocycles. The molecule has 1 atom stereocenters. The van der Waals surface area contributed by atoms with Crippen LogP contribution in [-0.4, -0.2) is 32.7 Å². The van der Waals surface area contributed by atoms with Crippen LogP contribution in [0.15, 0.2) is 59.5 Å². The van der Waals surface area contributed by atoms with E-state index in [4.69, 9.17) is 15.2 Å². The van der Waals surface area contributed by atoms with E-state index in [-0.39, 0.29) is 11.8 Å². The number of primary amides is 1. The Kier molecular flexibility index (Phi) is 5.16. The average molecular weight is 431 g/mol. The molecule has 0 bridgehead atoms. The number of rotatable bonds is 4. The first kappa shape index (κ1) is 20.0. The number of nitrogens with two attached hydrogens (primary N) is 1. The highest BCUT2D eigenvalue weighted by atomic mass is 16.5. The molecule has 1 amide bonds. The molecule has 1 fully saturated rings. The minimum absolute atomic E-state index is 0.0936. The molecule has 0 radical (unpaired) electrons. The number of ether oxygens (including phenoxy) is 2. The van der Waals surface area contributed by atoms with Gasteiger partial charge in [0.05, 0.1) is 23.0 Å². The molecular weight excluding hydrogens is 410 g/mol. The van der Waals surface area contributed by atoms with Crippen LogP contribution in [0.2, 0.25) is 0 Å². The van der Waals surface area contributed by atoms with Gasteiger partial charge in [0.15, 0.2) is 6.23 Å². The zero-order valence-electron chi connectivity index (χ0n) is 17.2. The fraction of sp³-hybridized carbons (Fsp3) is 0.217. The summed E-state index contributed by atoms with van der Waals surface area (Å²) in [6, 6.07) is 14.2. The van der Waals surface area contributed by atoms with Gasteiger partial charge >= 0.3 is 6.09 Å². The quantitative estimate of drug-likeness (QED) is 0.508. The highest BCUT2D eigenvalue weighted by molar-refractivity contribution is 5.95. The summed E-state index contributed by atoms with van der Waals surface area (Å²) in [5.41, 5.74) is 8.24. The molecule has 2 aromatic heterocycles. The molecule has 3 N–H and O–H groups in total. The summed E-state index contributed by atoms with van der Waals surface area (Å²) in [4.78, 5) is 23.6. The smallest absolute Gasteiger partial charge is 0.409 e. The zero-order chi connectivity index (χ0) is 22.1. The SMILES string of the molecule is NC(=O)Oc1ccc(-c2cc(-c3cccc4c3cnn4C3CCCCO3)c(=O)[nH]n2)cc1. The molecule has 2 aromatic carbocycles. The van der Waals surface area contributed by atoms with Crippen LogP contribution < -0.4 is 16.0 Å². The Hall–Kier alpha value is -3.98. The number of aromatic amines is 1. The second-order valence-electron chi connectivity index (χ2n) is 7.59. The minimum Gasteiger partial charge on any atom is -0.411 e. The van der Waals surface area contributed by atoms with Crippen LogP contribution in [0, 0.1) is 0 Å². The molecule has 1 aliphatic rings. The van der Waals surface area contributed by atoms with Gasteiger partial charge in [-0.2, -0.15) is 10.2 Å². The van der Waals surface area contributed by atoms with Crippen molar-refractivity contribution in [1.29, 1.82) is 0 Å². The normalized spacial score (nSPS) is 16.2. The van der Waals surface area contributed by atoms with Crippen LogP contribution in [0.5, 0.6) is 5.75 Å². The fourth-order valence-electron chi connectivity index (χ4n) is 4.02. The van der Waals surface area contributed by atoms with Gasteiger partial charge in [-0.1, -0.05) is 12.1 Å². The Labute approximate surface area is 182 Å². The van der Waals surface area contributed by atoms with E-state index in [1.54, 1.807) is 36.5 Å². The van der Waals surface area contributed by atoms with Crippen molar-refractivity contribution in [3.63, 3.8) is 0 Å². The molecule has 9 nitrogen and oxygen atoms in total. The highest BCUT2D eigenvalue weighted by Gasteiger charge is 2.20. The predicted octanol–water partition coefficient (Wildman–Crippen LogP) is 3.61. The van der Waals surface area contributed by atoms with Gasteiger partial charge < -0.3 is 15.2 Å². The lowest BCUT2D eigenvalue weighted by Crippen LogP contribution is -2.18. The standard InChI is InChI=1S/C23H21N5O4/c24-23(30)32-15-9-7-14(8-10-15)19-12-17(22(29)27-26-19)16-4-3-5-20-18(16)13-25-28(20)21-6-1-2-11-31-21/h3-5,7-10,12-13,21H,1-2,6,11H2,(H2,24,30)(H,27,29). The van der Waals surface area contributed by atoms with Crippen LogP contribution in [0.4, 0.5) is 4.79 Å². The molecule has 32 heavy (non-hydrogen) atoms. The lowest BCUT2D eigenvalue weighted by molar-refractivity contribution is -0.0366. The summed E-state index contributed by atoms with van der Waals surface area (Å²) < 4.78 is 12.6. The number of nitrogens with zero attached hydrogens (tertiary/aromatic N) is 3. The number of benzene rings is 2. The topological polar surface area (TPSA) is 125 Å². The summed E-state index contributed by atoms with van der Waals surface area (Å²) >= 11 is 0. The number of aromatic nitrogens is 4. The van der Waals surface area contributed by atoms with E-state index in [1.807, 2.05) is 22.9 Å². The van der Waals surface area contributed by atoms with Crippen molar-refractivity contribution < 1.29 is 14.3 Å². The number of hydrogen-bond acceptors (Lipinski definition) is 6. The lowest BCUT2D eigenvalue weighted by atomic mass is 10.0. The Morgan fingerprint density at radius 3 is 2.75 bits per heavy atom. The molecule has 5 rings (SSSR count). The Morgan fingerprint density at radius 2 is 2.00 bits per heavy atom. The van der Waals surface area contributed by atoms with E-state index >= 15 is 0 Å². The van der Waals surface area contributed by atoms with E-state index in [0.29, 0.717) is 17.0 Å². The largest absolute Gasteiger partial charge is 0.411 e. The van der Waals surface area contributed by atoms with Crippen LogP contribution in [0.1, 0.15) is 25.5 Å². The third kappa shape index (κ3) is 3.74. The molecule has 1 unspecified atom stereocenters. The first-order valence-corrected chi connectivity index (χ1v) is 10.4. The van der Waals surface area contributed by atoms with Gasteiger partial charge in [0.2, 0.25) is 0 Å². The molecule has 1 saturated heterocycles. The highest BCUT2D eigenvalue weighted by Crippen LogP contribution is 2.32. The monoisotopic (exact) mass is 431 g/mol. The number of carbonyl (C=O) groups is 1. The van der Waals surface area contributed by atoms with Gasteiger partial charge in [-0.25, -0.2) is 14.6 Å². The second-order valence-corrected chi connectivity index (χ2v) is 7.59. The molecule has 3 heterocycles. The predicted molar refractivity (Wildman–Crippen MR) is 118 cm³/mol. The summed E-state index contributed by atoms with van der Waals surface area (Å²) in [7, 11) is 0. The Morgan fingerprint density at radius 1 is 1.16 bits per heavy atom. The number of carbonyl (C=O) groups excluding carboxylic acids is 1. The van der Waals surface area contributed by atoms with E-state index in [9.17, 15) is 9.59 Å². The fourth-order valence-corrected chi connectivity index (χ4v) is 4.02. The molecule has 4 aromatic rings. The molecule has 162 valence electrons. The van der Waals surface area contributed by atoms with Crippen molar-refractivity contribution in [3.8, 4) is 28.1 Å². The third-order valence-electron chi connectivity index (χ3n) is 5.53. The van der Waals surface area contributed by atoms with Crippen molar-refractivity contribution in [2.45, 2.75) is 25.5 Å². The molecule has 0 spiro atoms. The maximum absolute atomic E-state index is 12.7. The molecule has 0 saturated carbocycles. The van der Waals surface area contributed by atoms with Gasteiger partial charge in [0.25, 0.3) is 5.56 Å². The number of amides is 1. The Balaban J connectivity index is 1.54. The second kappa shape index (κ2) is 8.27. The first-order valence-electron chi connectivity index (χ1n) is 10.4. The van der Waals surface area contributed by atoms with Crippen LogP contribution in [0.25, 0.3) is 33.3 Å². The molecular formula is C23H21N5O4. The maximum Gasteiger partial charge on any atom is 0.409 e. The molecule has 1 aliphatic heterocycles. The Bertz CT molecular complexity index is 1340.